The maximum Gasteiger partial charge on any atom is 0.228 e. The Kier molecular flexibility index (Phi) is 7.10. The van der Waals surface area contributed by atoms with Crippen molar-refractivity contribution < 1.29 is 4.42 Å². The lowest BCUT2D eigenvalue weighted by Crippen LogP contribution is -2.00. The zero-order chi connectivity index (χ0) is 36.3. The van der Waals surface area contributed by atoms with Gasteiger partial charge in [0.1, 0.15) is 5.58 Å². The fourth-order valence-electron chi connectivity index (χ4n) is 7.91. The van der Waals surface area contributed by atoms with Crippen LogP contribution in [-0.2, 0) is 0 Å². The highest BCUT2D eigenvalue weighted by molar-refractivity contribution is 6.20. The molecule has 0 amide bonds. The molecule has 11 aromatic rings. The van der Waals surface area contributed by atoms with E-state index in [1.807, 2.05) is 60.7 Å². The number of hydrogen-bond donors (Lipinski definition) is 0. The van der Waals surface area contributed by atoms with Gasteiger partial charge in [0.15, 0.2) is 17.5 Å². The third kappa shape index (κ3) is 5.24. The summed E-state index contributed by atoms with van der Waals surface area (Å²) in [5, 5.41) is 9.20. The number of rotatable bonds is 5. The van der Waals surface area contributed by atoms with E-state index >= 15 is 0 Å². The number of hydrogen-bond acceptors (Lipinski definition) is 5. The van der Waals surface area contributed by atoms with Gasteiger partial charge in [0.25, 0.3) is 0 Å². The summed E-state index contributed by atoms with van der Waals surface area (Å²) in [7, 11) is 0. The number of furan rings is 1. The molecule has 3 heterocycles. The number of aromatic nitrogens is 4. The molecule has 8 aromatic carbocycles. The normalized spacial score (nSPS) is 11.6. The molecule has 0 N–H and O–H groups in total. The molecule has 0 aliphatic heterocycles. The number of fused-ring (bicyclic) bond motifs is 8. The summed E-state index contributed by atoms with van der Waals surface area (Å²) in [5.41, 5.74) is 8.27. The molecule has 0 aliphatic carbocycles. The van der Waals surface area contributed by atoms with Gasteiger partial charge in [0, 0.05) is 33.0 Å². The maximum absolute atomic E-state index is 6.30. The quantitative estimate of drug-likeness (QED) is 0.167. The van der Waals surface area contributed by atoms with E-state index in [1.165, 1.54) is 27.1 Å². The second-order valence-corrected chi connectivity index (χ2v) is 13.8. The Hall–Kier alpha value is -7.50. The largest absolute Gasteiger partial charge is 0.438 e. The molecule has 0 aliphatic rings. The first kappa shape index (κ1) is 31.1. The van der Waals surface area contributed by atoms with Crippen molar-refractivity contribution in [2.24, 2.45) is 0 Å². The van der Waals surface area contributed by atoms with Gasteiger partial charge in [-0.15, -0.1) is 0 Å². The molecule has 3 aromatic heterocycles. The van der Waals surface area contributed by atoms with Crippen molar-refractivity contribution in [3.63, 3.8) is 0 Å². The zero-order valence-electron chi connectivity index (χ0n) is 29.5. The summed E-state index contributed by atoms with van der Waals surface area (Å²) in [6.45, 7) is 0. The van der Waals surface area contributed by atoms with Gasteiger partial charge >= 0.3 is 0 Å². The van der Waals surface area contributed by atoms with Gasteiger partial charge in [0.2, 0.25) is 5.71 Å². The predicted octanol–water partition coefficient (Wildman–Crippen LogP) is 13.0. The molecule has 55 heavy (non-hydrogen) atoms. The van der Waals surface area contributed by atoms with Gasteiger partial charge in [-0.2, -0.15) is 0 Å². The topological polar surface area (TPSA) is 64.7 Å². The molecule has 0 radical (unpaired) electrons. The van der Waals surface area contributed by atoms with Gasteiger partial charge in [-0.05, 0) is 56.3 Å². The average molecular weight is 703 g/mol. The zero-order valence-corrected chi connectivity index (χ0v) is 29.5. The van der Waals surface area contributed by atoms with Gasteiger partial charge < -0.3 is 4.42 Å². The van der Waals surface area contributed by atoms with E-state index in [2.05, 4.69) is 121 Å². The standard InChI is InChI=1S/C50H30N4O/c1-2-13-32(14-3-1)47-52-48(33-27-25-31(26-28-33)43-30-34-15-4-5-18-37(34)38-19-6-7-20-39(38)43)54-49(53-47)36-17-12-16-35(29-36)46-41-22-9-8-21-40(41)45-42-23-10-11-24-44(42)55-50(45)51-46/h1-30H. The summed E-state index contributed by atoms with van der Waals surface area (Å²) < 4.78 is 6.30. The van der Waals surface area contributed by atoms with E-state index in [4.69, 9.17) is 24.4 Å². The number of pyridine rings is 1. The Morgan fingerprint density at radius 3 is 1.65 bits per heavy atom. The van der Waals surface area contributed by atoms with Crippen LogP contribution < -0.4 is 0 Å². The molecule has 11 rings (SSSR count). The number of para-hydroxylation sites is 1. The van der Waals surface area contributed by atoms with Crippen molar-refractivity contribution in [2.45, 2.75) is 0 Å². The third-order valence-electron chi connectivity index (χ3n) is 10.5. The first-order valence-corrected chi connectivity index (χ1v) is 18.4. The molecule has 0 saturated carbocycles. The Labute approximate surface area is 316 Å². The minimum Gasteiger partial charge on any atom is -0.438 e. The van der Waals surface area contributed by atoms with Crippen LogP contribution in [0.1, 0.15) is 0 Å². The highest BCUT2D eigenvalue weighted by atomic mass is 16.3. The van der Waals surface area contributed by atoms with Crippen LogP contribution in [0.4, 0.5) is 0 Å². The molecule has 5 nitrogen and oxygen atoms in total. The molecule has 0 bridgehead atoms. The SMILES string of the molecule is c1ccc(-c2nc(-c3ccc(-c4cc5ccccc5c5ccccc45)cc3)nc(-c3cccc(-c4nc5oc6ccccc6c5c5ccccc45)c3)n2)cc1. The van der Waals surface area contributed by atoms with Crippen molar-refractivity contribution in [1.29, 1.82) is 0 Å². The van der Waals surface area contributed by atoms with Crippen molar-refractivity contribution >= 4 is 54.4 Å². The van der Waals surface area contributed by atoms with E-state index in [0.717, 1.165) is 60.6 Å². The van der Waals surface area contributed by atoms with E-state index in [-0.39, 0.29) is 0 Å². The molecule has 0 atom stereocenters. The van der Waals surface area contributed by atoms with E-state index in [1.54, 1.807) is 0 Å². The second-order valence-electron chi connectivity index (χ2n) is 13.8. The third-order valence-corrected chi connectivity index (χ3v) is 10.5. The Balaban J connectivity index is 1.04. The highest BCUT2D eigenvalue weighted by Gasteiger charge is 2.18. The number of nitrogens with zero attached hydrogens (tertiary/aromatic N) is 4. The van der Waals surface area contributed by atoms with Crippen LogP contribution >= 0.6 is 0 Å². The predicted molar refractivity (Wildman–Crippen MR) is 225 cm³/mol. The Bertz CT molecular complexity index is 3260. The second kappa shape index (κ2) is 12.6. The van der Waals surface area contributed by atoms with Crippen LogP contribution in [-0.4, -0.2) is 19.9 Å². The smallest absolute Gasteiger partial charge is 0.228 e. The fourth-order valence-corrected chi connectivity index (χ4v) is 7.91. The monoisotopic (exact) mass is 702 g/mol. The summed E-state index contributed by atoms with van der Waals surface area (Å²) in [6, 6.07) is 63.0. The lowest BCUT2D eigenvalue weighted by Gasteiger charge is -2.12. The molecule has 0 saturated heterocycles. The summed E-state index contributed by atoms with van der Waals surface area (Å²) in [6.07, 6.45) is 0. The Morgan fingerprint density at radius 1 is 0.327 bits per heavy atom. The van der Waals surface area contributed by atoms with E-state index in [0.29, 0.717) is 23.2 Å². The fraction of sp³-hybridized carbons (Fsp3) is 0. The maximum atomic E-state index is 6.30. The minimum atomic E-state index is 0.587. The Morgan fingerprint density at radius 2 is 0.873 bits per heavy atom. The van der Waals surface area contributed by atoms with Crippen LogP contribution in [0.25, 0.3) is 111 Å². The van der Waals surface area contributed by atoms with Crippen molar-refractivity contribution in [1.82, 2.24) is 19.9 Å². The van der Waals surface area contributed by atoms with Gasteiger partial charge in [-0.3, -0.25) is 0 Å². The van der Waals surface area contributed by atoms with Gasteiger partial charge in [-0.25, -0.2) is 19.9 Å². The minimum absolute atomic E-state index is 0.587. The molecule has 5 heteroatoms. The van der Waals surface area contributed by atoms with Crippen LogP contribution in [0.5, 0.6) is 0 Å². The lowest BCUT2D eigenvalue weighted by atomic mass is 9.93. The first-order valence-electron chi connectivity index (χ1n) is 18.4. The van der Waals surface area contributed by atoms with Gasteiger partial charge in [-0.1, -0.05) is 164 Å². The summed E-state index contributed by atoms with van der Waals surface area (Å²) in [4.78, 5) is 20.3. The molecular formula is C50H30N4O. The van der Waals surface area contributed by atoms with Crippen LogP contribution in [0.15, 0.2) is 186 Å². The van der Waals surface area contributed by atoms with Crippen LogP contribution in [0, 0.1) is 0 Å². The van der Waals surface area contributed by atoms with E-state index in [9.17, 15) is 0 Å². The molecule has 0 fully saturated rings. The average Bonchev–Trinajstić information content (AvgIpc) is 3.65. The van der Waals surface area contributed by atoms with Crippen LogP contribution in [0.3, 0.4) is 0 Å². The molecular weight excluding hydrogens is 673 g/mol. The van der Waals surface area contributed by atoms with Crippen molar-refractivity contribution in [3.05, 3.63) is 182 Å². The summed E-state index contributed by atoms with van der Waals surface area (Å²) >= 11 is 0. The van der Waals surface area contributed by atoms with E-state index < -0.39 is 0 Å². The molecule has 256 valence electrons. The lowest BCUT2D eigenvalue weighted by molar-refractivity contribution is 0.655. The first-order chi connectivity index (χ1) is 27.2. The van der Waals surface area contributed by atoms with Gasteiger partial charge in [0.05, 0.1) is 11.1 Å². The molecule has 0 spiro atoms. The molecule has 0 unspecified atom stereocenters. The highest BCUT2D eigenvalue weighted by Crippen LogP contribution is 2.39. The summed E-state index contributed by atoms with van der Waals surface area (Å²) in [5.74, 6) is 1.81. The number of benzene rings is 8. The van der Waals surface area contributed by atoms with Crippen molar-refractivity contribution in [3.8, 4) is 56.5 Å². The van der Waals surface area contributed by atoms with Crippen LogP contribution in [0.2, 0.25) is 0 Å². The van der Waals surface area contributed by atoms with Crippen molar-refractivity contribution in [2.75, 3.05) is 0 Å².